The van der Waals surface area contributed by atoms with Crippen LogP contribution in [0.15, 0.2) is 64.5 Å². The van der Waals surface area contributed by atoms with Gasteiger partial charge in [-0.15, -0.1) is 0 Å². The number of nitrogens with zero attached hydrogens (tertiary/aromatic N) is 2. The fourth-order valence-corrected chi connectivity index (χ4v) is 3.27. The molecule has 3 rings (SSSR count). The second-order valence-corrected chi connectivity index (χ2v) is 6.22. The van der Waals surface area contributed by atoms with E-state index in [0.717, 1.165) is 27.6 Å². The SMILES string of the molecule is Cc1nn(-c2ccccc2)c(Sc2ccc(Cl)cc2)c1C=O. The number of aldehydes is 1. The Bertz CT molecular complexity index is 798. The number of hydrogen-bond acceptors (Lipinski definition) is 3. The molecule has 0 N–H and O–H groups in total. The highest BCUT2D eigenvalue weighted by molar-refractivity contribution is 7.99. The van der Waals surface area contributed by atoms with Crippen molar-refractivity contribution in [2.45, 2.75) is 16.8 Å². The summed E-state index contributed by atoms with van der Waals surface area (Å²) in [6, 6.07) is 17.3. The van der Waals surface area contributed by atoms with Crippen molar-refractivity contribution in [3.05, 3.63) is 70.9 Å². The molecule has 0 saturated carbocycles. The summed E-state index contributed by atoms with van der Waals surface area (Å²) in [6.45, 7) is 1.84. The standard InChI is InChI=1S/C17H13ClN2OS/c1-12-16(11-21)17(22-15-9-7-13(18)8-10-15)20(19-12)14-5-3-2-4-6-14/h2-11H,1H3. The van der Waals surface area contributed by atoms with Crippen LogP contribution in [0.5, 0.6) is 0 Å². The highest BCUT2D eigenvalue weighted by Gasteiger charge is 2.17. The molecule has 0 spiro atoms. The molecule has 5 heteroatoms. The lowest BCUT2D eigenvalue weighted by Gasteiger charge is -2.08. The van der Waals surface area contributed by atoms with Crippen molar-refractivity contribution in [2.24, 2.45) is 0 Å². The maximum atomic E-state index is 11.4. The normalized spacial score (nSPS) is 10.6. The maximum Gasteiger partial charge on any atom is 0.154 e. The minimum atomic E-state index is 0.615. The summed E-state index contributed by atoms with van der Waals surface area (Å²) in [5.74, 6) is 0. The van der Waals surface area contributed by atoms with Crippen molar-refractivity contribution < 1.29 is 4.79 Å². The minimum absolute atomic E-state index is 0.615. The number of hydrogen-bond donors (Lipinski definition) is 0. The van der Waals surface area contributed by atoms with E-state index in [1.165, 1.54) is 11.8 Å². The molecule has 0 saturated heterocycles. The Morgan fingerprint density at radius 3 is 2.41 bits per heavy atom. The summed E-state index contributed by atoms with van der Waals surface area (Å²) >= 11 is 7.42. The quantitative estimate of drug-likeness (QED) is 0.645. The van der Waals surface area contributed by atoms with Crippen LogP contribution in [0.2, 0.25) is 5.02 Å². The van der Waals surface area contributed by atoms with Crippen molar-refractivity contribution in [3.8, 4) is 5.69 Å². The Morgan fingerprint density at radius 1 is 1.09 bits per heavy atom. The Labute approximate surface area is 137 Å². The third-order valence-electron chi connectivity index (χ3n) is 3.21. The molecule has 1 aromatic heterocycles. The second kappa shape index (κ2) is 6.38. The van der Waals surface area contributed by atoms with Crippen molar-refractivity contribution in [3.63, 3.8) is 0 Å². The molecule has 0 aliphatic rings. The fourth-order valence-electron chi connectivity index (χ4n) is 2.11. The van der Waals surface area contributed by atoms with Crippen molar-refractivity contribution in [1.29, 1.82) is 0 Å². The molecule has 2 aromatic carbocycles. The van der Waals surface area contributed by atoms with Gasteiger partial charge in [0.15, 0.2) is 6.29 Å². The molecule has 0 fully saturated rings. The molecule has 1 heterocycles. The molecule has 0 aliphatic heterocycles. The van der Waals surface area contributed by atoms with Gasteiger partial charge in [0.2, 0.25) is 0 Å². The van der Waals surface area contributed by atoms with Crippen LogP contribution in [-0.2, 0) is 0 Å². The lowest BCUT2D eigenvalue weighted by Crippen LogP contribution is -1.98. The molecule has 0 radical (unpaired) electrons. The van der Waals surface area contributed by atoms with Gasteiger partial charge in [0.25, 0.3) is 0 Å². The minimum Gasteiger partial charge on any atom is -0.298 e. The van der Waals surface area contributed by atoms with E-state index in [-0.39, 0.29) is 0 Å². The molecule has 0 atom stereocenters. The van der Waals surface area contributed by atoms with Gasteiger partial charge in [-0.2, -0.15) is 5.10 Å². The van der Waals surface area contributed by atoms with E-state index >= 15 is 0 Å². The molecular weight excluding hydrogens is 316 g/mol. The number of para-hydroxylation sites is 1. The van der Waals surface area contributed by atoms with Crippen LogP contribution >= 0.6 is 23.4 Å². The predicted molar refractivity (Wildman–Crippen MR) is 89.3 cm³/mol. The third kappa shape index (κ3) is 2.93. The highest BCUT2D eigenvalue weighted by atomic mass is 35.5. The van der Waals surface area contributed by atoms with E-state index in [1.54, 1.807) is 4.68 Å². The number of aromatic nitrogens is 2. The molecule has 3 aromatic rings. The monoisotopic (exact) mass is 328 g/mol. The first kappa shape index (κ1) is 14.9. The van der Waals surface area contributed by atoms with Crippen LogP contribution in [0, 0.1) is 6.92 Å². The van der Waals surface area contributed by atoms with Crippen molar-refractivity contribution in [1.82, 2.24) is 9.78 Å². The average molecular weight is 329 g/mol. The summed E-state index contributed by atoms with van der Waals surface area (Å²) in [7, 11) is 0. The first-order chi connectivity index (χ1) is 10.7. The lowest BCUT2D eigenvalue weighted by atomic mass is 10.3. The number of halogens is 1. The van der Waals surface area contributed by atoms with E-state index in [1.807, 2.05) is 61.5 Å². The van der Waals surface area contributed by atoms with Crippen LogP contribution in [0.1, 0.15) is 16.1 Å². The molecule has 110 valence electrons. The molecular formula is C17H13ClN2OS. The lowest BCUT2D eigenvalue weighted by molar-refractivity contribution is 0.112. The Morgan fingerprint density at radius 2 is 1.77 bits per heavy atom. The number of carbonyl (C=O) groups excluding carboxylic acids is 1. The zero-order chi connectivity index (χ0) is 15.5. The number of aryl methyl sites for hydroxylation is 1. The zero-order valence-electron chi connectivity index (χ0n) is 11.9. The predicted octanol–water partition coefficient (Wildman–Crippen LogP) is 4.80. The van der Waals surface area contributed by atoms with Crippen molar-refractivity contribution in [2.75, 3.05) is 0 Å². The summed E-state index contributed by atoms with van der Waals surface area (Å²) in [4.78, 5) is 12.5. The molecule has 22 heavy (non-hydrogen) atoms. The van der Waals surface area contributed by atoms with Gasteiger partial charge >= 0.3 is 0 Å². The van der Waals surface area contributed by atoms with Crippen LogP contribution in [0.3, 0.4) is 0 Å². The first-order valence-corrected chi connectivity index (χ1v) is 7.92. The Kier molecular flexibility index (Phi) is 4.32. The van der Waals surface area contributed by atoms with Gasteiger partial charge in [0.1, 0.15) is 5.03 Å². The van der Waals surface area contributed by atoms with Gasteiger partial charge in [-0.05, 0) is 43.3 Å². The van der Waals surface area contributed by atoms with E-state index in [0.29, 0.717) is 10.6 Å². The number of benzene rings is 2. The maximum absolute atomic E-state index is 11.4. The third-order valence-corrected chi connectivity index (χ3v) is 4.56. The number of rotatable bonds is 4. The molecule has 0 amide bonds. The summed E-state index contributed by atoms with van der Waals surface area (Å²) in [5.41, 5.74) is 2.26. The fraction of sp³-hybridized carbons (Fsp3) is 0.0588. The van der Waals surface area contributed by atoms with Crippen LogP contribution in [-0.4, -0.2) is 16.1 Å². The van der Waals surface area contributed by atoms with Crippen LogP contribution in [0.25, 0.3) is 5.69 Å². The highest BCUT2D eigenvalue weighted by Crippen LogP contribution is 2.33. The van der Waals surface area contributed by atoms with Crippen LogP contribution in [0.4, 0.5) is 0 Å². The number of carbonyl (C=O) groups is 1. The molecule has 0 bridgehead atoms. The van der Waals surface area contributed by atoms with Gasteiger partial charge in [-0.25, -0.2) is 4.68 Å². The molecule has 0 unspecified atom stereocenters. The average Bonchev–Trinajstić information content (AvgIpc) is 2.86. The summed E-state index contributed by atoms with van der Waals surface area (Å²) in [5, 5.41) is 6.00. The molecule has 0 aliphatic carbocycles. The summed E-state index contributed by atoms with van der Waals surface area (Å²) < 4.78 is 1.80. The Balaban J connectivity index is 2.08. The zero-order valence-corrected chi connectivity index (χ0v) is 13.4. The summed E-state index contributed by atoms with van der Waals surface area (Å²) in [6.07, 6.45) is 0.861. The van der Waals surface area contributed by atoms with E-state index < -0.39 is 0 Å². The largest absolute Gasteiger partial charge is 0.298 e. The van der Waals surface area contributed by atoms with Crippen molar-refractivity contribution >= 4 is 29.6 Å². The van der Waals surface area contributed by atoms with Crippen LogP contribution < -0.4 is 0 Å². The van der Waals surface area contributed by atoms with Gasteiger partial charge in [0.05, 0.1) is 16.9 Å². The topological polar surface area (TPSA) is 34.9 Å². The van der Waals surface area contributed by atoms with Gasteiger partial charge < -0.3 is 0 Å². The van der Waals surface area contributed by atoms with Gasteiger partial charge in [0, 0.05) is 9.92 Å². The van der Waals surface area contributed by atoms with Gasteiger partial charge in [-0.3, -0.25) is 4.79 Å². The van der Waals surface area contributed by atoms with Gasteiger partial charge in [-0.1, -0.05) is 41.6 Å². The Hall–Kier alpha value is -2.04. The van der Waals surface area contributed by atoms with E-state index in [4.69, 9.17) is 11.6 Å². The smallest absolute Gasteiger partial charge is 0.154 e. The first-order valence-electron chi connectivity index (χ1n) is 6.72. The van der Waals surface area contributed by atoms with E-state index in [9.17, 15) is 4.79 Å². The molecule has 3 nitrogen and oxygen atoms in total. The van der Waals surface area contributed by atoms with E-state index in [2.05, 4.69) is 5.10 Å². The second-order valence-electron chi connectivity index (χ2n) is 4.73.